The van der Waals surface area contributed by atoms with E-state index in [1.165, 1.54) is 11.8 Å². The van der Waals surface area contributed by atoms with Crippen LogP contribution in [-0.4, -0.2) is 32.0 Å². The van der Waals surface area contributed by atoms with Crippen molar-refractivity contribution in [1.82, 2.24) is 24.9 Å². The molecule has 0 bridgehead atoms. The number of para-hydroxylation sites is 1. The number of nitrogens with zero attached hydrogens (tertiary/aromatic N) is 5. The molecule has 4 aromatic rings. The maximum Gasteiger partial charge on any atom is 0.237 e. The van der Waals surface area contributed by atoms with E-state index < -0.39 is 0 Å². The molecule has 8 nitrogen and oxygen atoms in total. The van der Waals surface area contributed by atoms with Crippen LogP contribution in [0.25, 0.3) is 11.4 Å². The zero-order valence-electron chi connectivity index (χ0n) is 17.3. The maximum atomic E-state index is 6.19. The van der Waals surface area contributed by atoms with Crippen molar-refractivity contribution in [3.63, 3.8) is 0 Å². The Labute approximate surface area is 193 Å². The minimum Gasteiger partial charge on any atom is -0.497 e. The molecule has 5 rings (SSSR count). The molecule has 32 heavy (non-hydrogen) atoms. The predicted octanol–water partition coefficient (Wildman–Crippen LogP) is 5.20. The maximum absolute atomic E-state index is 6.19. The summed E-state index contributed by atoms with van der Waals surface area (Å²) >= 11 is 7.71. The largest absolute Gasteiger partial charge is 0.497 e. The molecule has 0 unspecified atom stereocenters. The van der Waals surface area contributed by atoms with Gasteiger partial charge >= 0.3 is 0 Å². The average molecular weight is 470 g/mol. The quantitative estimate of drug-likeness (QED) is 0.309. The molecule has 2 aromatic carbocycles. The summed E-state index contributed by atoms with van der Waals surface area (Å²) < 4.78 is 18.7. The van der Waals surface area contributed by atoms with Gasteiger partial charge < -0.3 is 14.0 Å². The van der Waals surface area contributed by atoms with Crippen molar-refractivity contribution in [2.75, 3.05) is 7.11 Å². The molecule has 0 saturated heterocycles. The van der Waals surface area contributed by atoms with Crippen LogP contribution in [0.2, 0.25) is 5.02 Å². The van der Waals surface area contributed by atoms with Crippen molar-refractivity contribution >= 4 is 23.4 Å². The van der Waals surface area contributed by atoms with Gasteiger partial charge in [-0.15, -0.1) is 10.2 Å². The van der Waals surface area contributed by atoms with Crippen molar-refractivity contribution < 1.29 is 14.0 Å². The number of ether oxygens (including phenoxy) is 2. The van der Waals surface area contributed by atoms with Crippen LogP contribution in [0.15, 0.2) is 58.2 Å². The summed E-state index contributed by atoms with van der Waals surface area (Å²) in [5.41, 5.74) is 0.838. The highest BCUT2D eigenvalue weighted by Crippen LogP contribution is 2.39. The third-order valence-corrected chi connectivity index (χ3v) is 6.20. The third-order valence-electron chi connectivity index (χ3n) is 4.96. The lowest BCUT2D eigenvalue weighted by Gasteiger charge is -2.10. The van der Waals surface area contributed by atoms with E-state index in [4.69, 9.17) is 25.6 Å². The molecule has 0 radical (unpaired) electrons. The van der Waals surface area contributed by atoms with E-state index in [1.54, 1.807) is 13.2 Å². The predicted molar refractivity (Wildman–Crippen MR) is 120 cm³/mol. The number of hydrogen-bond acceptors (Lipinski definition) is 8. The molecule has 1 fully saturated rings. The van der Waals surface area contributed by atoms with Gasteiger partial charge in [0.05, 0.1) is 17.9 Å². The molecule has 10 heteroatoms. The van der Waals surface area contributed by atoms with Crippen molar-refractivity contribution in [3.05, 3.63) is 65.3 Å². The van der Waals surface area contributed by atoms with Gasteiger partial charge in [0.25, 0.3) is 0 Å². The van der Waals surface area contributed by atoms with Crippen LogP contribution in [0.1, 0.15) is 30.6 Å². The van der Waals surface area contributed by atoms with Gasteiger partial charge in [-0.3, -0.25) is 4.57 Å². The number of rotatable bonds is 9. The summed E-state index contributed by atoms with van der Waals surface area (Å²) in [4.78, 5) is 4.50. The lowest BCUT2D eigenvalue weighted by Crippen LogP contribution is -2.07. The van der Waals surface area contributed by atoms with Crippen molar-refractivity contribution in [3.8, 4) is 22.9 Å². The Morgan fingerprint density at radius 2 is 2.03 bits per heavy atom. The normalized spacial score (nSPS) is 13.3. The first-order valence-corrected chi connectivity index (χ1v) is 11.5. The first-order valence-electron chi connectivity index (χ1n) is 10.1. The summed E-state index contributed by atoms with van der Waals surface area (Å²) in [5.74, 6) is 3.69. The first-order chi connectivity index (χ1) is 15.7. The topological polar surface area (TPSA) is 88.1 Å². The summed E-state index contributed by atoms with van der Waals surface area (Å²) in [7, 11) is 1.63. The van der Waals surface area contributed by atoms with Gasteiger partial charge in [-0.25, -0.2) is 0 Å². The molecule has 2 heterocycles. The smallest absolute Gasteiger partial charge is 0.237 e. The summed E-state index contributed by atoms with van der Waals surface area (Å²) in [6.07, 6.45) is 2.20. The Hall–Kier alpha value is -3.04. The van der Waals surface area contributed by atoms with Crippen LogP contribution in [0, 0.1) is 0 Å². The second-order valence-corrected chi connectivity index (χ2v) is 8.60. The molecule has 0 N–H and O–H groups in total. The molecule has 164 valence electrons. The molecular weight excluding hydrogens is 450 g/mol. The molecule has 0 atom stereocenters. The van der Waals surface area contributed by atoms with Crippen LogP contribution in [-0.2, 0) is 12.4 Å². The number of thioether (sulfide) groups is 1. The fraction of sp³-hybridized carbons (Fsp3) is 0.273. The van der Waals surface area contributed by atoms with Crippen molar-refractivity contribution in [1.29, 1.82) is 0 Å². The Balaban J connectivity index is 1.27. The van der Waals surface area contributed by atoms with E-state index in [1.807, 2.05) is 42.5 Å². The van der Waals surface area contributed by atoms with Crippen LogP contribution in [0.3, 0.4) is 0 Å². The Morgan fingerprint density at radius 3 is 2.84 bits per heavy atom. The number of methoxy groups -OCH3 is 1. The van der Waals surface area contributed by atoms with E-state index in [9.17, 15) is 0 Å². The molecule has 2 aromatic heterocycles. The van der Waals surface area contributed by atoms with Crippen LogP contribution < -0.4 is 9.47 Å². The SMILES string of the molecule is COc1cccc(-c2noc(CSc3nnc(COc4ccccc4Cl)n3C3CC3)n2)c1. The number of benzene rings is 2. The van der Waals surface area contributed by atoms with Crippen molar-refractivity contribution in [2.24, 2.45) is 0 Å². The summed E-state index contributed by atoms with van der Waals surface area (Å²) in [6.45, 7) is 0.300. The fourth-order valence-corrected chi connectivity index (χ4v) is 4.28. The minimum atomic E-state index is 0.300. The van der Waals surface area contributed by atoms with Crippen LogP contribution >= 0.6 is 23.4 Å². The minimum absolute atomic E-state index is 0.300. The highest BCUT2D eigenvalue weighted by atomic mass is 35.5. The highest BCUT2D eigenvalue weighted by Gasteiger charge is 2.30. The lowest BCUT2D eigenvalue weighted by atomic mass is 10.2. The number of halogens is 1. The monoisotopic (exact) mass is 469 g/mol. The van der Waals surface area contributed by atoms with Crippen LogP contribution in [0.4, 0.5) is 0 Å². The van der Waals surface area contributed by atoms with Gasteiger partial charge in [0.2, 0.25) is 11.7 Å². The van der Waals surface area contributed by atoms with E-state index in [2.05, 4.69) is 24.9 Å². The van der Waals surface area contributed by atoms with Gasteiger partial charge in [0, 0.05) is 11.6 Å². The average Bonchev–Trinajstić information content (AvgIpc) is 3.40. The van der Waals surface area contributed by atoms with Gasteiger partial charge in [-0.05, 0) is 37.1 Å². The van der Waals surface area contributed by atoms with E-state index in [0.29, 0.717) is 40.9 Å². The van der Waals surface area contributed by atoms with Crippen LogP contribution in [0.5, 0.6) is 11.5 Å². The molecule has 0 aliphatic heterocycles. The number of aromatic nitrogens is 5. The fourth-order valence-electron chi connectivity index (χ4n) is 3.23. The Bertz CT molecular complexity index is 1220. The molecular formula is C22H20ClN5O3S. The highest BCUT2D eigenvalue weighted by molar-refractivity contribution is 7.98. The van der Waals surface area contributed by atoms with E-state index in [-0.39, 0.29) is 0 Å². The Morgan fingerprint density at radius 1 is 1.16 bits per heavy atom. The molecule has 1 saturated carbocycles. The van der Waals surface area contributed by atoms with Gasteiger partial charge in [0.1, 0.15) is 18.1 Å². The summed E-state index contributed by atoms with van der Waals surface area (Å²) in [6, 6.07) is 15.3. The summed E-state index contributed by atoms with van der Waals surface area (Å²) in [5, 5.41) is 14.2. The molecule has 0 spiro atoms. The molecule has 0 amide bonds. The lowest BCUT2D eigenvalue weighted by molar-refractivity contribution is 0.288. The second-order valence-electron chi connectivity index (χ2n) is 7.25. The van der Waals surface area contributed by atoms with Gasteiger partial charge in [0.15, 0.2) is 11.0 Å². The van der Waals surface area contributed by atoms with E-state index in [0.717, 1.165) is 35.1 Å². The standard InChI is InChI=1S/C22H20ClN5O3S/c1-29-16-6-4-5-14(11-16)21-24-20(31-27-21)13-32-22-26-25-19(28(22)15-9-10-15)12-30-18-8-3-2-7-17(18)23/h2-8,11,15H,9-10,12-13H2,1H3. The molecule has 1 aliphatic carbocycles. The Kier molecular flexibility index (Phi) is 6.00. The van der Waals surface area contributed by atoms with E-state index >= 15 is 0 Å². The van der Waals surface area contributed by atoms with Gasteiger partial charge in [-0.2, -0.15) is 4.98 Å². The zero-order valence-corrected chi connectivity index (χ0v) is 18.8. The molecule has 1 aliphatic rings. The third kappa shape index (κ3) is 4.58. The first kappa shape index (κ1) is 20.8. The second kappa shape index (κ2) is 9.22. The van der Waals surface area contributed by atoms with Crippen molar-refractivity contribution in [2.45, 2.75) is 36.4 Å². The van der Waals surface area contributed by atoms with Gasteiger partial charge in [-0.1, -0.05) is 52.8 Å². The zero-order chi connectivity index (χ0) is 21.9. The number of hydrogen-bond donors (Lipinski definition) is 0.